The number of hydrogen-bond acceptors (Lipinski definition) is 4. The smallest absolute Gasteiger partial charge is 0.332 e. The maximum absolute atomic E-state index is 12.1. The van der Waals surface area contributed by atoms with Crippen LogP contribution in [-0.2, 0) is 9.53 Å². The number of halogens is 1. The molecule has 0 aliphatic rings. The number of ether oxygens (including phenoxy) is 1. The molecule has 1 atom stereocenters. The van der Waals surface area contributed by atoms with Crippen molar-refractivity contribution in [1.29, 1.82) is 0 Å². The van der Waals surface area contributed by atoms with Gasteiger partial charge in [0.15, 0.2) is 6.04 Å². The first-order chi connectivity index (χ1) is 10.0. The zero-order valence-corrected chi connectivity index (χ0v) is 13.5. The molecular formula is C16H17BrN2O2. The Kier molecular flexibility index (Phi) is 4.85. The second-order valence-corrected chi connectivity index (χ2v) is 5.55. The lowest BCUT2D eigenvalue weighted by Crippen LogP contribution is -2.22. The van der Waals surface area contributed by atoms with E-state index in [1.165, 1.54) is 7.11 Å². The van der Waals surface area contributed by atoms with Crippen molar-refractivity contribution in [3.05, 3.63) is 58.1 Å². The van der Waals surface area contributed by atoms with Crippen molar-refractivity contribution in [2.24, 2.45) is 0 Å². The minimum absolute atomic E-state index is 0.345. The van der Waals surface area contributed by atoms with Crippen molar-refractivity contribution in [2.75, 3.05) is 18.2 Å². The third-order valence-corrected chi connectivity index (χ3v) is 3.88. The van der Waals surface area contributed by atoms with Gasteiger partial charge in [-0.2, -0.15) is 0 Å². The molecule has 2 rings (SSSR count). The molecule has 0 saturated carbocycles. The molecule has 0 bridgehead atoms. The minimum atomic E-state index is -0.574. The number of hydrogen-bond donors (Lipinski definition) is 2. The van der Waals surface area contributed by atoms with Crippen LogP contribution in [0.3, 0.4) is 0 Å². The number of nitrogens with one attached hydrogen (secondary N) is 1. The van der Waals surface area contributed by atoms with E-state index < -0.39 is 6.04 Å². The number of anilines is 2. The van der Waals surface area contributed by atoms with Crippen molar-refractivity contribution in [3.63, 3.8) is 0 Å². The van der Waals surface area contributed by atoms with Crippen LogP contribution in [0.2, 0.25) is 0 Å². The van der Waals surface area contributed by atoms with Gasteiger partial charge in [0.25, 0.3) is 0 Å². The highest BCUT2D eigenvalue weighted by molar-refractivity contribution is 9.10. The molecule has 0 aliphatic carbocycles. The Bertz CT molecular complexity index is 644. The molecule has 2 aromatic rings. The van der Waals surface area contributed by atoms with E-state index in [-0.39, 0.29) is 5.97 Å². The molecule has 5 heteroatoms. The van der Waals surface area contributed by atoms with E-state index in [0.717, 1.165) is 21.3 Å². The van der Waals surface area contributed by atoms with E-state index in [1.807, 2.05) is 49.4 Å². The molecule has 2 aromatic carbocycles. The van der Waals surface area contributed by atoms with Gasteiger partial charge < -0.3 is 15.8 Å². The maximum atomic E-state index is 12.1. The van der Waals surface area contributed by atoms with Gasteiger partial charge >= 0.3 is 5.97 Å². The SMILES string of the molecule is COC(=O)C(Nc1cc(C)c(N)cc1Br)c1ccccc1. The van der Waals surface area contributed by atoms with Crippen LogP contribution in [0.1, 0.15) is 17.2 Å². The zero-order valence-electron chi connectivity index (χ0n) is 11.9. The van der Waals surface area contributed by atoms with Crippen LogP contribution < -0.4 is 11.1 Å². The Labute approximate surface area is 132 Å². The lowest BCUT2D eigenvalue weighted by atomic mass is 10.1. The average molecular weight is 349 g/mol. The van der Waals surface area contributed by atoms with Gasteiger partial charge in [-0.15, -0.1) is 0 Å². The van der Waals surface area contributed by atoms with Gasteiger partial charge in [0.05, 0.1) is 7.11 Å². The molecule has 0 saturated heterocycles. The average Bonchev–Trinajstić information content (AvgIpc) is 2.49. The van der Waals surface area contributed by atoms with Crippen molar-refractivity contribution in [2.45, 2.75) is 13.0 Å². The number of carbonyl (C=O) groups is 1. The summed E-state index contributed by atoms with van der Waals surface area (Å²) in [6.45, 7) is 1.92. The molecule has 1 unspecified atom stereocenters. The Morgan fingerprint density at radius 2 is 1.95 bits per heavy atom. The van der Waals surface area contributed by atoms with Gasteiger partial charge in [-0.25, -0.2) is 4.79 Å². The third-order valence-electron chi connectivity index (χ3n) is 3.23. The van der Waals surface area contributed by atoms with Gasteiger partial charge in [0.2, 0.25) is 0 Å². The van der Waals surface area contributed by atoms with Gasteiger partial charge in [-0.3, -0.25) is 0 Å². The summed E-state index contributed by atoms with van der Waals surface area (Å²) in [6.07, 6.45) is 0. The van der Waals surface area contributed by atoms with E-state index in [4.69, 9.17) is 10.5 Å². The lowest BCUT2D eigenvalue weighted by molar-refractivity contribution is -0.141. The third kappa shape index (κ3) is 3.55. The molecule has 0 spiro atoms. The number of benzene rings is 2. The number of methoxy groups -OCH3 is 1. The number of esters is 1. The number of nitrogens with two attached hydrogens (primary N) is 1. The summed E-state index contributed by atoms with van der Waals surface area (Å²) in [5.41, 5.74) is 9.14. The van der Waals surface area contributed by atoms with E-state index in [2.05, 4.69) is 21.2 Å². The molecule has 21 heavy (non-hydrogen) atoms. The van der Waals surface area contributed by atoms with Crippen molar-refractivity contribution < 1.29 is 9.53 Å². The highest BCUT2D eigenvalue weighted by Gasteiger charge is 2.22. The summed E-state index contributed by atoms with van der Waals surface area (Å²) < 4.78 is 5.69. The predicted octanol–water partition coefficient (Wildman–Crippen LogP) is 3.67. The molecular weight excluding hydrogens is 332 g/mol. The van der Waals surface area contributed by atoms with Crippen molar-refractivity contribution in [1.82, 2.24) is 0 Å². The number of rotatable bonds is 4. The summed E-state index contributed by atoms with van der Waals surface area (Å²) in [5, 5.41) is 3.21. The summed E-state index contributed by atoms with van der Waals surface area (Å²) in [4.78, 5) is 12.1. The second-order valence-electron chi connectivity index (χ2n) is 4.70. The fourth-order valence-electron chi connectivity index (χ4n) is 2.00. The Morgan fingerprint density at radius 3 is 2.57 bits per heavy atom. The molecule has 0 fully saturated rings. The number of nitrogen functional groups attached to an aromatic ring is 1. The first-order valence-corrected chi connectivity index (χ1v) is 7.27. The molecule has 0 heterocycles. The van der Waals surface area contributed by atoms with Gasteiger partial charge in [0.1, 0.15) is 0 Å². The Balaban J connectivity index is 2.36. The van der Waals surface area contributed by atoms with Crippen LogP contribution in [0.15, 0.2) is 46.9 Å². The van der Waals surface area contributed by atoms with Crippen molar-refractivity contribution in [3.8, 4) is 0 Å². The lowest BCUT2D eigenvalue weighted by Gasteiger charge is -2.19. The molecule has 0 amide bonds. The molecule has 0 aliphatic heterocycles. The minimum Gasteiger partial charge on any atom is -0.467 e. The van der Waals surface area contributed by atoms with Crippen LogP contribution in [0.5, 0.6) is 0 Å². The van der Waals surface area contributed by atoms with Gasteiger partial charge in [0, 0.05) is 15.8 Å². The molecule has 0 aromatic heterocycles. The normalized spacial score (nSPS) is 11.8. The first-order valence-electron chi connectivity index (χ1n) is 6.48. The monoisotopic (exact) mass is 348 g/mol. The van der Waals surface area contributed by atoms with Crippen molar-refractivity contribution >= 4 is 33.3 Å². The highest BCUT2D eigenvalue weighted by atomic mass is 79.9. The van der Waals surface area contributed by atoms with Crippen LogP contribution in [-0.4, -0.2) is 13.1 Å². The molecule has 3 N–H and O–H groups in total. The standard InChI is InChI=1S/C16H17BrN2O2/c1-10-8-14(12(17)9-13(10)18)19-15(16(20)21-2)11-6-4-3-5-7-11/h3-9,15,19H,18H2,1-2H3. The van der Waals surface area contributed by atoms with Gasteiger partial charge in [-0.05, 0) is 46.1 Å². The maximum Gasteiger partial charge on any atom is 0.332 e. The zero-order chi connectivity index (χ0) is 15.4. The second kappa shape index (κ2) is 6.63. The van der Waals surface area contributed by atoms with Crippen LogP contribution in [0.25, 0.3) is 0 Å². The quantitative estimate of drug-likeness (QED) is 0.653. The molecule has 110 valence electrons. The first kappa shape index (κ1) is 15.4. The van der Waals surface area contributed by atoms with Crippen LogP contribution in [0.4, 0.5) is 11.4 Å². The predicted molar refractivity (Wildman–Crippen MR) is 88.1 cm³/mol. The largest absolute Gasteiger partial charge is 0.467 e. The van der Waals surface area contributed by atoms with E-state index in [9.17, 15) is 4.79 Å². The Morgan fingerprint density at radius 1 is 1.29 bits per heavy atom. The summed E-state index contributed by atoms with van der Waals surface area (Å²) in [6, 6.07) is 12.6. The fraction of sp³-hybridized carbons (Fsp3) is 0.188. The van der Waals surface area contributed by atoms with E-state index in [1.54, 1.807) is 0 Å². The Hall–Kier alpha value is -2.01. The van der Waals surface area contributed by atoms with Crippen LogP contribution >= 0.6 is 15.9 Å². The summed E-state index contributed by atoms with van der Waals surface area (Å²) in [5.74, 6) is -0.345. The summed E-state index contributed by atoms with van der Waals surface area (Å²) in [7, 11) is 1.38. The number of aryl methyl sites for hydroxylation is 1. The van der Waals surface area contributed by atoms with E-state index >= 15 is 0 Å². The molecule has 0 radical (unpaired) electrons. The van der Waals surface area contributed by atoms with Crippen LogP contribution in [0, 0.1) is 6.92 Å². The topological polar surface area (TPSA) is 64.3 Å². The summed E-state index contributed by atoms with van der Waals surface area (Å²) >= 11 is 3.46. The molecule has 4 nitrogen and oxygen atoms in total. The van der Waals surface area contributed by atoms with Gasteiger partial charge in [-0.1, -0.05) is 30.3 Å². The fourth-order valence-corrected chi connectivity index (χ4v) is 2.48. The number of carbonyl (C=O) groups excluding carboxylic acids is 1. The highest BCUT2D eigenvalue weighted by Crippen LogP contribution is 2.31. The van der Waals surface area contributed by atoms with E-state index in [0.29, 0.717) is 5.69 Å².